The van der Waals surface area contributed by atoms with E-state index >= 15 is 0 Å². The van der Waals surface area contributed by atoms with Gasteiger partial charge in [-0.3, -0.25) is 4.79 Å². The number of anilines is 1. The molecule has 0 radical (unpaired) electrons. The fourth-order valence-corrected chi connectivity index (χ4v) is 1.55. The molecule has 1 rings (SSSR count). The molecule has 1 N–H and O–H groups in total. The first-order valence-corrected chi connectivity index (χ1v) is 4.06. The predicted molar refractivity (Wildman–Crippen MR) is 51.4 cm³/mol. The average Bonchev–Trinajstić information content (AvgIpc) is 2.03. The molecule has 4 heteroatoms. The highest BCUT2D eigenvalue weighted by Gasteiger charge is 2.05. The molecular formula is C8H7Cl2NO. The molecule has 0 heterocycles. The van der Waals surface area contributed by atoms with Gasteiger partial charge in [-0.2, -0.15) is 0 Å². The van der Waals surface area contributed by atoms with Crippen molar-refractivity contribution in [2.75, 3.05) is 12.4 Å². The molecule has 0 atom stereocenters. The molecule has 0 saturated heterocycles. The molecule has 0 aliphatic heterocycles. The van der Waals surface area contributed by atoms with Crippen LogP contribution in [0.2, 0.25) is 10.0 Å². The van der Waals surface area contributed by atoms with Crippen molar-refractivity contribution in [2.24, 2.45) is 0 Å². The Morgan fingerprint density at radius 3 is 2.58 bits per heavy atom. The number of hydrogen-bond donors (Lipinski definition) is 1. The van der Waals surface area contributed by atoms with Crippen molar-refractivity contribution in [3.05, 3.63) is 27.7 Å². The molecular weight excluding hydrogens is 197 g/mol. The van der Waals surface area contributed by atoms with Gasteiger partial charge in [0.05, 0.1) is 10.7 Å². The van der Waals surface area contributed by atoms with Crippen molar-refractivity contribution in [3.8, 4) is 0 Å². The standard InChI is InChI=1S/C8H7Cl2NO/c1-11-8-5(4-12)2-6(9)3-7(8)10/h2-4,11H,1H3. The summed E-state index contributed by atoms with van der Waals surface area (Å²) in [5, 5.41) is 3.73. The molecule has 12 heavy (non-hydrogen) atoms. The Bertz CT molecular complexity index is 312. The van der Waals surface area contributed by atoms with E-state index < -0.39 is 0 Å². The summed E-state index contributed by atoms with van der Waals surface area (Å²) in [6.07, 6.45) is 0.712. The van der Waals surface area contributed by atoms with Gasteiger partial charge in [0, 0.05) is 17.6 Å². The van der Waals surface area contributed by atoms with Crippen LogP contribution in [0.1, 0.15) is 10.4 Å². The van der Waals surface area contributed by atoms with E-state index in [4.69, 9.17) is 23.2 Å². The lowest BCUT2D eigenvalue weighted by Gasteiger charge is -2.06. The van der Waals surface area contributed by atoms with Crippen LogP contribution in [0.4, 0.5) is 5.69 Å². The second-order valence-electron chi connectivity index (χ2n) is 2.22. The average molecular weight is 204 g/mol. The van der Waals surface area contributed by atoms with Crippen molar-refractivity contribution in [3.63, 3.8) is 0 Å². The third-order valence-electron chi connectivity index (χ3n) is 1.46. The van der Waals surface area contributed by atoms with E-state index in [0.29, 0.717) is 27.6 Å². The van der Waals surface area contributed by atoms with Crippen LogP contribution >= 0.6 is 23.2 Å². The molecule has 0 saturated carbocycles. The first-order valence-electron chi connectivity index (χ1n) is 3.31. The van der Waals surface area contributed by atoms with Gasteiger partial charge in [-0.05, 0) is 12.1 Å². The van der Waals surface area contributed by atoms with Gasteiger partial charge in [0.25, 0.3) is 0 Å². The SMILES string of the molecule is CNc1c(Cl)cc(Cl)cc1C=O. The second kappa shape index (κ2) is 3.78. The van der Waals surface area contributed by atoms with Gasteiger partial charge in [0.2, 0.25) is 0 Å². The Balaban J connectivity index is 3.33. The van der Waals surface area contributed by atoms with Crippen LogP contribution in [0, 0.1) is 0 Å². The van der Waals surface area contributed by atoms with E-state index in [1.807, 2.05) is 0 Å². The fourth-order valence-electron chi connectivity index (χ4n) is 0.950. The molecule has 0 bridgehead atoms. The minimum absolute atomic E-state index is 0.451. The van der Waals surface area contributed by atoms with Crippen LogP contribution in [0.25, 0.3) is 0 Å². The highest BCUT2D eigenvalue weighted by atomic mass is 35.5. The van der Waals surface area contributed by atoms with E-state index in [0.717, 1.165) is 0 Å². The molecule has 0 aromatic heterocycles. The maximum Gasteiger partial charge on any atom is 0.152 e. The maximum absolute atomic E-state index is 10.5. The Kier molecular flexibility index (Phi) is 2.95. The van der Waals surface area contributed by atoms with Crippen LogP contribution in [-0.2, 0) is 0 Å². The van der Waals surface area contributed by atoms with Gasteiger partial charge >= 0.3 is 0 Å². The van der Waals surface area contributed by atoms with E-state index in [2.05, 4.69) is 5.32 Å². The molecule has 1 aromatic rings. The minimum atomic E-state index is 0.451. The third-order valence-corrected chi connectivity index (χ3v) is 1.98. The molecule has 0 fully saturated rings. The molecule has 64 valence electrons. The van der Waals surface area contributed by atoms with Gasteiger partial charge in [-0.15, -0.1) is 0 Å². The molecule has 0 aliphatic carbocycles. The molecule has 0 unspecified atom stereocenters. The lowest BCUT2D eigenvalue weighted by atomic mass is 10.2. The largest absolute Gasteiger partial charge is 0.386 e. The number of halogens is 2. The normalized spacial score (nSPS) is 9.58. The van der Waals surface area contributed by atoms with E-state index in [9.17, 15) is 4.79 Å². The van der Waals surface area contributed by atoms with Crippen LogP contribution < -0.4 is 5.32 Å². The molecule has 2 nitrogen and oxygen atoms in total. The zero-order chi connectivity index (χ0) is 9.14. The Morgan fingerprint density at radius 1 is 1.42 bits per heavy atom. The highest BCUT2D eigenvalue weighted by Crippen LogP contribution is 2.28. The van der Waals surface area contributed by atoms with Gasteiger partial charge in [-0.1, -0.05) is 23.2 Å². The highest BCUT2D eigenvalue weighted by molar-refractivity contribution is 6.37. The van der Waals surface area contributed by atoms with E-state index in [1.54, 1.807) is 19.2 Å². The monoisotopic (exact) mass is 203 g/mol. The van der Waals surface area contributed by atoms with Crippen LogP contribution in [0.5, 0.6) is 0 Å². The minimum Gasteiger partial charge on any atom is -0.386 e. The Morgan fingerprint density at radius 2 is 2.08 bits per heavy atom. The van der Waals surface area contributed by atoms with Crippen molar-refractivity contribution in [1.82, 2.24) is 0 Å². The van der Waals surface area contributed by atoms with Crippen molar-refractivity contribution in [1.29, 1.82) is 0 Å². The van der Waals surface area contributed by atoms with Gasteiger partial charge < -0.3 is 5.32 Å². The summed E-state index contributed by atoms with van der Waals surface area (Å²) >= 11 is 11.5. The van der Waals surface area contributed by atoms with E-state index in [1.165, 1.54) is 0 Å². The number of nitrogens with one attached hydrogen (secondary N) is 1. The molecule has 1 aromatic carbocycles. The maximum atomic E-state index is 10.5. The topological polar surface area (TPSA) is 29.1 Å². The summed E-state index contributed by atoms with van der Waals surface area (Å²) in [5.74, 6) is 0. The molecule has 0 aliphatic rings. The van der Waals surface area contributed by atoms with Crippen molar-refractivity contribution < 1.29 is 4.79 Å². The Labute approximate surface area is 80.5 Å². The zero-order valence-corrected chi connectivity index (χ0v) is 7.91. The summed E-state index contributed by atoms with van der Waals surface area (Å²) in [4.78, 5) is 10.5. The van der Waals surface area contributed by atoms with Crippen molar-refractivity contribution >= 4 is 35.2 Å². The number of aldehydes is 1. The van der Waals surface area contributed by atoms with Crippen LogP contribution in [0.15, 0.2) is 12.1 Å². The summed E-state index contributed by atoms with van der Waals surface area (Å²) in [6, 6.07) is 3.15. The number of rotatable bonds is 2. The van der Waals surface area contributed by atoms with E-state index in [-0.39, 0.29) is 0 Å². The molecule has 0 spiro atoms. The van der Waals surface area contributed by atoms with Gasteiger partial charge in [0.1, 0.15) is 0 Å². The summed E-state index contributed by atoms with van der Waals surface area (Å²) in [5.41, 5.74) is 1.08. The summed E-state index contributed by atoms with van der Waals surface area (Å²) in [7, 11) is 1.70. The first kappa shape index (κ1) is 9.36. The van der Waals surface area contributed by atoms with Crippen LogP contribution in [-0.4, -0.2) is 13.3 Å². The number of hydrogen-bond acceptors (Lipinski definition) is 2. The number of benzene rings is 1. The summed E-state index contributed by atoms with van der Waals surface area (Å²) < 4.78 is 0. The van der Waals surface area contributed by atoms with Gasteiger partial charge in [0.15, 0.2) is 6.29 Å². The lowest BCUT2D eigenvalue weighted by molar-refractivity contribution is 0.112. The second-order valence-corrected chi connectivity index (χ2v) is 3.06. The number of carbonyl (C=O) groups excluding carboxylic acids is 1. The number of carbonyl (C=O) groups is 1. The summed E-state index contributed by atoms with van der Waals surface area (Å²) in [6.45, 7) is 0. The zero-order valence-electron chi connectivity index (χ0n) is 6.40. The third kappa shape index (κ3) is 1.71. The van der Waals surface area contributed by atoms with Crippen LogP contribution in [0.3, 0.4) is 0 Å². The fraction of sp³-hybridized carbons (Fsp3) is 0.125. The Hall–Kier alpha value is -0.730. The smallest absolute Gasteiger partial charge is 0.152 e. The first-order chi connectivity index (χ1) is 5.69. The quantitative estimate of drug-likeness (QED) is 0.750. The van der Waals surface area contributed by atoms with Gasteiger partial charge in [-0.25, -0.2) is 0 Å². The van der Waals surface area contributed by atoms with Crippen molar-refractivity contribution in [2.45, 2.75) is 0 Å². The molecule has 0 amide bonds. The lowest BCUT2D eigenvalue weighted by Crippen LogP contribution is -1.95. The predicted octanol–water partition coefficient (Wildman–Crippen LogP) is 2.85.